The minimum absolute atomic E-state index is 0.0319. The second-order valence-corrected chi connectivity index (χ2v) is 9.07. The zero-order valence-electron chi connectivity index (χ0n) is 20.5. The van der Waals surface area contributed by atoms with E-state index >= 15 is 0 Å². The average Bonchev–Trinajstić information content (AvgIpc) is 3.40. The van der Waals surface area contributed by atoms with Crippen molar-refractivity contribution in [1.82, 2.24) is 9.80 Å². The number of fused-ring (bicyclic) bond motifs is 1. The third-order valence-electron chi connectivity index (χ3n) is 6.20. The van der Waals surface area contributed by atoms with Crippen LogP contribution in [0.15, 0.2) is 70.3 Å². The molecule has 1 aliphatic heterocycles. The Labute approximate surface area is 205 Å². The molecule has 1 unspecified atom stereocenters. The molecule has 4 rings (SSSR count). The number of ketones is 1. The average molecular weight is 477 g/mol. The number of benzene rings is 2. The number of para-hydroxylation sites is 1. The first-order valence-corrected chi connectivity index (χ1v) is 12.1. The van der Waals surface area contributed by atoms with E-state index in [1.54, 1.807) is 17.0 Å². The summed E-state index contributed by atoms with van der Waals surface area (Å²) in [6.07, 6.45) is 3.22. The molecule has 0 saturated heterocycles. The molecule has 0 aliphatic carbocycles. The number of carbonyl (C=O) groups excluding carboxylic acids is 2. The van der Waals surface area contributed by atoms with E-state index < -0.39 is 23.5 Å². The van der Waals surface area contributed by atoms with E-state index in [1.807, 2.05) is 61.5 Å². The van der Waals surface area contributed by atoms with Crippen LogP contribution in [-0.4, -0.2) is 60.4 Å². The Balaban J connectivity index is 1.66. The molecule has 7 nitrogen and oxygen atoms in total. The predicted molar refractivity (Wildman–Crippen MR) is 135 cm³/mol. The number of rotatable bonds is 11. The Kier molecular flexibility index (Phi) is 7.56. The highest BCUT2D eigenvalue weighted by molar-refractivity contribution is 6.16. The van der Waals surface area contributed by atoms with Crippen molar-refractivity contribution in [1.29, 1.82) is 0 Å². The van der Waals surface area contributed by atoms with Gasteiger partial charge in [-0.05, 0) is 50.3 Å². The highest BCUT2D eigenvalue weighted by atomic mass is 16.5. The van der Waals surface area contributed by atoms with Crippen molar-refractivity contribution in [3.63, 3.8) is 0 Å². The van der Waals surface area contributed by atoms with Gasteiger partial charge < -0.3 is 24.1 Å². The number of unbranched alkanes of at least 4 members (excludes halogenated alkanes) is 2. The lowest BCUT2D eigenvalue weighted by atomic mass is 9.95. The quantitative estimate of drug-likeness (QED) is 0.305. The first-order chi connectivity index (χ1) is 16.9. The van der Waals surface area contributed by atoms with E-state index in [1.165, 1.54) is 0 Å². The molecule has 184 valence electrons. The van der Waals surface area contributed by atoms with Gasteiger partial charge >= 0.3 is 0 Å². The number of carbonyl (C=O) groups is 2. The number of hydrogen-bond donors (Lipinski definition) is 1. The molecule has 3 aromatic rings. The van der Waals surface area contributed by atoms with Crippen molar-refractivity contribution >= 4 is 22.7 Å². The molecule has 0 bridgehead atoms. The third-order valence-corrected chi connectivity index (χ3v) is 6.20. The van der Waals surface area contributed by atoms with Crippen molar-refractivity contribution in [2.24, 2.45) is 0 Å². The molecule has 0 radical (unpaired) electrons. The fourth-order valence-corrected chi connectivity index (χ4v) is 4.29. The van der Waals surface area contributed by atoms with Crippen LogP contribution in [0.3, 0.4) is 0 Å². The third kappa shape index (κ3) is 5.25. The van der Waals surface area contributed by atoms with Gasteiger partial charge in [0.2, 0.25) is 5.78 Å². The Morgan fingerprint density at radius 3 is 2.54 bits per heavy atom. The fraction of sp³-hybridized carbons (Fsp3) is 0.357. The Hall–Kier alpha value is -3.58. The molecule has 1 N–H and O–H groups in total. The summed E-state index contributed by atoms with van der Waals surface area (Å²) >= 11 is 0. The van der Waals surface area contributed by atoms with Crippen LogP contribution in [0.25, 0.3) is 11.0 Å². The number of amides is 1. The van der Waals surface area contributed by atoms with Gasteiger partial charge in [0.25, 0.3) is 5.91 Å². The summed E-state index contributed by atoms with van der Waals surface area (Å²) in [6.45, 7) is 3.72. The maximum Gasteiger partial charge on any atom is 0.290 e. The normalized spacial score (nSPS) is 16.1. The maximum atomic E-state index is 13.6. The van der Waals surface area contributed by atoms with E-state index in [9.17, 15) is 14.7 Å². The molecule has 35 heavy (non-hydrogen) atoms. The van der Waals surface area contributed by atoms with Crippen LogP contribution in [0, 0.1) is 0 Å². The molecule has 0 saturated carbocycles. The van der Waals surface area contributed by atoms with Crippen LogP contribution in [0.4, 0.5) is 0 Å². The van der Waals surface area contributed by atoms with Crippen LogP contribution >= 0.6 is 0 Å². The van der Waals surface area contributed by atoms with Crippen molar-refractivity contribution < 1.29 is 23.8 Å². The Morgan fingerprint density at radius 2 is 1.86 bits per heavy atom. The number of Topliss-reactive ketones (excluding diaryl/α,β-unsaturated/α-hetero) is 1. The lowest BCUT2D eigenvalue weighted by molar-refractivity contribution is -0.129. The van der Waals surface area contributed by atoms with Crippen LogP contribution in [0.1, 0.15) is 48.3 Å². The van der Waals surface area contributed by atoms with Crippen LogP contribution in [-0.2, 0) is 4.79 Å². The summed E-state index contributed by atoms with van der Waals surface area (Å²) in [4.78, 5) is 30.2. The highest BCUT2D eigenvalue weighted by Gasteiger charge is 2.44. The number of hydrogen-bond acceptors (Lipinski definition) is 6. The number of likely N-dealkylation sites (N-methyl/N-ethyl adjacent to an activating group) is 1. The van der Waals surface area contributed by atoms with Crippen LogP contribution in [0.2, 0.25) is 0 Å². The number of aliphatic hydroxyl groups is 1. The van der Waals surface area contributed by atoms with Crippen molar-refractivity contribution in [3.05, 3.63) is 77.3 Å². The molecule has 0 fully saturated rings. The van der Waals surface area contributed by atoms with Gasteiger partial charge in [0.1, 0.15) is 11.3 Å². The van der Waals surface area contributed by atoms with E-state index in [0.717, 1.165) is 36.0 Å². The van der Waals surface area contributed by atoms with Crippen LogP contribution in [0.5, 0.6) is 5.75 Å². The van der Waals surface area contributed by atoms with Crippen molar-refractivity contribution in [2.75, 3.05) is 33.8 Å². The number of nitrogens with zero attached hydrogens (tertiary/aromatic N) is 2. The molecule has 0 spiro atoms. The fourth-order valence-electron chi connectivity index (χ4n) is 4.29. The molecule has 1 aliphatic rings. The summed E-state index contributed by atoms with van der Waals surface area (Å²) in [6, 6.07) is 15.6. The standard InChI is InChI=1S/C28H32N2O5/c1-4-5-8-17-34-21-13-11-19(12-14-21)25-24(27(32)28(33)30(25)16-15-29(2)3)26(31)23-18-20-9-6-7-10-22(20)35-23/h6-7,9-14,18,25,32H,4-5,8,15-17H2,1-3H3. The van der Waals surface area contributed by atoms with Crippen molar-refractivity contribution in [3.8, 4) is 5.75 Å². The van der Waals surface area contributed by atoms with E-state index in [-0.39, 0.29) is 11.3 Å². The maximum absolute atomic E-state index is 13.6. The van der Waals surface area contributed by atoms with Crippen molar-refractivity contribution in [2.45, 2.75) is 32.2 Å². The molecular formula is C28H32N2O5. The molecule has 2 heterocycles. The number of aliphatic hydroxyl groups excluding tert-OH is 1. The van der Waals surface area contributed by atoms with Gasteiger partial charge in [-0.15, -0.1) is 0 Å². The molecule has 1 atom stereocenters. The predicted octanol–water partition coefficient (Wildman–Crippen LogP) is 5.14. The van der Waals surface area contributed by atoms with Gasteiger partial charge in [-0.1, -0.05) is 50.1 Å². The zero-order chi connectivity index (χ0) is 24.9. The summed E-state index contributed by atoms with van der Waals surface area (Å²) in [5.74, 6) is -0.761. The molecule has 7 heteroatoms. The Bertz CT molecular complexity index is 1190. The van der Waals surface area contributed by atoms with Gasteiger partial charge in [-0.25, -0.2) is 0 Å². The Morgan fingerprint density at radius 1 is 1.11 bits per heavy atom. The summed E-state index contributed by atoms with van der Waals surface area (Å²) < 4.78 is 11.6. The summed E-state index contributed by atoms with van der Waals surface area (Å²) in [5, 5.41) is 11.6. The minimum atomic E-state index is -0.725. The first-order valence-electron chi connectivity index (χ1n) is 12.1. The van der Waals surface area contributed by atoms with Crippen LogP contribution < -0.4 is 4.74 Å². The monoisotopic (exact) mass is 476 g/mol. The van der Waals surface area contributed by atoms with E-state index in [2.05, 4.69) is 6.92 Å². The van der Waals surface area contributed by atoms with Gasteiger partial charge in [-0.3, -0.25) is 9.59 Å². The van der Waals surface area contributed by atoms with Gasteiger partial charge in [0, 0.05) is 18.5 Å². The molecular weight excluding hydrogens is 444 g/mol. The lowest BCUT2D eigenvalue weighted by Gasteiger charge is -2.28. The smallest absolute Gasteiger partial charge is 0.290 e. The second kappa shape index (κ2) is 10.8. The minimum Gasteiger partial charge on any atom is -0.503 e. The first kappa shape index (κ1) is 24.5. The number of furan rings is 1. The second-order valence-electron chi connectivity index (χ2n) is 9.07. The summed E-state index contributed by atoms with van der Waals surface area (Å²) in [5.41, 5.74) is 1.33. The van der Waals surface area contributed by atoms with E-state index in [0.29, 0.717) is 25.3 Å². The topological polar surface area (TPSA) is 83.2 Å². The molecule has 1 amide bonds. The zero-order valence-corrected chi connectivity index (χ0v) is 20.5. The number of ether oxygens (including phenoxy) is 1. The lowest BCUT2D eigenvalue weighted by Crippen LogP contribution is -2.36. The SMILES string of the molecule is CCCCCOc1ccc(C2C(C(=O)c3cc4ccccc4o3)=C(O)C(=O)N2CCN(C)C)cc1. The molecule has 2 aromatic carbocycles. The van der Waals surface area contributed by atoms with Gasteiger partial charge in [0.05, 0.1) is 18.2 Å². The largest absolute Gasteiger partial charge is 0.503 e. The van der Waals surface area contributed by atoms with E-state index in [4.69, 9.17) is 9.15 Å². The summed E-state index contributed by atoms with van der Waals surface area (Å²) in [7, 11) is 3.82. The van der Waals surface area contributed by atoms with Gasteiger partial charge in [-0.2, -0.15) is 0 Å². The van der Waals surface area contributed by atoms with Gasteiger partial charge in [0.15, 0.2) is 11.5 Å². The molecule has 1 aromatic heterocycles. The highest BCUT2D eigenvalue weighted by Crippen LogP contribution is 2.40.